The van der Waals surface area contributed by atoms with Crippen LogP contribution in [0, 0.1) is 0 Å². The lowest BCUT2D eigenvalue weighted by molar-refractivity contribution is 0.421. The zero-order valence-corrected chi connectivity index (χ0v) is 9.47. The minimum atomic E-state index is 0.441. The summed E-state index contributed by atoms with van der Waals surface area (Å²) in [5.74, 6) is 1.70. The summed E-state index contributed by atoms with van der Waals surface area (Å²) in [6.45, 7) is 2.13. The van der Waals surface area contributed by atoms with Crippen molar-refractivity contribution in [2.75, 3.05) is 5.73 Å². The Hall–Kier alpha value is -1.85. The average molecular weight is 221 g/mol. The molecule has 0 aliphatic rings. The lowest BCUT2D eigenvalue weighted by Gasteiger charge is -1.93. The molecule has 0 unspecified atom stereocenters. The van der Waals surface area contributed by atoms with Crippen LogP contribution >= 0.6 is 0 Å². The Bertz CT molecular complexity index is 473. The molecule has 2 aromatic heterocycles. The first kappa shape index (κ1) is 10.7. The van der Waals surface area contributed by atoms with Crippen molar-refractivity contribution in [3.05, 3.63) is 12.0 Å². The SMILES string of the molecule is CCCCc1noc(-c2cnn(C)c2N)n1. The number of nitrogens with zero attached hydrogens (tertiary/aromatic N) is 4. The van der Waals surface area contributed by atoms with Gasteiger partial charge in [-0.3, -0.25) is 4.68 Å². The molecule has 0 atom stereocenters. The van der Waals surface area contributed by atoms with E-state index in [0.717, 1.165) is 25.1 Å². The molecule has 0 radical (unpaired) electrons. The summed E-state index contributed by atoms with van der Waals surface area (Å²) >= 11 is 0. The molecule has 2 aromatic rings. The van der Waals surface area contributed by atoms with E-state index in [2.05, 4.69) is 22.2 Å². The van der Waals surface area contributed by atoms with Gasteiger partial charge in [0.05, 0.1) is 6.20 Å². The van der Waals surface area contributed by atoms with Gasteiger partial charge >= 0.3 is 0 Å². The molecule has 0 aliphatic carbocycles. The van der Waals surface area contributed by atoms with Crippen molar-refractivity contribution >= 4 is 5.82 Å². The maximum Gasteiger partial charge on any atom is 0.263 e. The summed E-state index contributed by atoms with van der Waals surface area (Å²) in [5, 5.41) is 7.93. The van der Waals surface area contributed by atoms with Gasteiger partial charge in [0.1, 0.15) is 11.4 Å². The van der Waals surface area contributed by atoms with Gasteiger partial charge in [0.2, 0.25) is 0 Å². The number of hydrogen-bond donors (Lipinski definition) is 1. The van der Waals surface area contributed by atoms with Crippen LogP contribution in [0.4, 0.5) is 5.82 Å². The van der Waals surface area contributed by atoms with E-state index < -0.39 is 0 Å². The summed E-state index contributed by atoms with van der Waals surface area (Å²) in [4.78, 5) is 4.28. The summed E-state index contributed by atoms with van der Waals surface area (Å²) < 4.78 is 6.72. The number of anilines is 1. The number of aromatic nitrogens is 4. The van der Waals surface area contributed by atoms with Crippen LogP contribution in [0.3, 0.4) is 0 Å². The van der Waals surface area contributed by atoms with E-state index in [1.807, 2.05) is 0 Å². The van der Waals surface area contributed by atoms with Crippen LogP contribution < -0.4 is 5.73 Å². The molecule has 2 heterocycles. The third-order valence-electron chi connectivity index (χ3n) is 2.44. The lowest BCUT2D eigenvalue weighted by atomic mass is 10.2. The van der Waals surface area contributed by atoms with Gasteiger partial charge in [0.25, 0.3) is 5.89 Å². The second-order valence-corrected chi connectivity index (χ2v) is 3.69. The topological polar surface area (TPSA) is 82.8 Å². The summed E-state index contributed by atoms with van der Waals surface area (Å²) in [7, 11) is 1.77. The molecular weight excluding hydrogens is 206 g/mol. The second kappa shape index (κ2) is 4.34. The van der Waals surface area contributed by atoms with Crippen LogP contribution in [-0.2, 0) is 13.5 Å². The molecule has 0 aliphatic heterocycles. The standard InChI is InChI=1S/C10H15N5O/c1-3-4-5-8-13-10(16-14-8)7-6-12-15(2)9(7)11/h6H,3-5,11H2,1-2H3. The van der Waals surface area contributed by atoms with E-state index in [1.165, 1.54) is 0 Å². The minimum absolute atomic E-state index is 0.441. The first-order valence-corrected chi connectivity index (χ1v) is 5.32. The third-order valence-corrected chi connectivity index (χ3v) is 2.44. The Morgan fingerprint density at radius 3 is 2.94 bits per heavy atom. The smallest absolute Gasteiger partial charge is 0.263 e. The molecule has 86 valence electrons. The molecule has 0 aromatic carbocycles. The Labute approximate surface area is 93.4 Å². The maximum atomic E-state index is 5.82. The van der Waals surface area contributed by atoms with Gasteiger partial charge in [-0.15, -0.1) is 0 Å². The van der Waals surface area contributed by atoms with Gasteiger partial charge in [-0.25, -0.2) is 0 Å². The average Bonchev–Trinajstić information content (AvgIpc) is 2.85. The Morgan fingerprint density at radius 1 is 1.50 bits per heavy atom. The van der Waals surface area contributed by atoms with Gasteiger partial charge < -0.3 is 10.3 Å². The van der Waals surface area contributed by atoms with Crippen LogP contribution in [0.15, 0.2) is 10.7 Å². The minimum Gasteiger partial charge on any atom is -0.383 e. The summed E-state index contributed by atoms with van der Waals surface area (Å²) in [6, 6.07) is 0. The van der Waals surface area contributed by atoms with Gasteiger partial charge in [0, 0.05) is 13.5 Å². The molecule has 16 heavy (non-hydrogen) atoms. The van der Waals surface area contributed by atoms with E-state index >= 15 is 0 Å². The Balaban J connectivity index is 2.21. The number of unbranched alkanes of at least 4 members (excludes halogenated alkanes) is 1. The number of hydrogen-bond acceptors (Lipinski definition) is 5. The molecule has 2 rings (SSSR count). The van der Waals surface area contributed by atoms with E-state index in [-0.39, 0.29) is 0 Å². The predicted octanol–water partition coefficient (Wildman–Crippen LogP) is 1.39. The van der Waals surface area contributed by atoms with Crippen LogP contribution in [0.2, 0.25) is 0 Å². The molecule has 2 N–H and O–H groups in total. The lowest BCUT2D eigenvalue weighted by Crippen LogP contribution is -1.98. The zero-order chi connectivity index (χ0) is 11.5. The van der Waals surface area contributed by atoms with E-state index in [4.69, 9.17) is 10.3 Å². The molecule has 0 bridgehead atoms. The second-order valence-electron chi connectivity index (χ2n) is 3.69. The highest BCUT2D eigenvalue weighted by atomic mass is 16.5. The maximum absolute atomic E-state index is 5.82. The van der Waals surface area contributed by atoms with Crippen molar-refractivity contribution in [2.45, 2.75) is 26.2 Å². The number of aryl methyl sites for hydroxylation is 2. The number of nitrogen functional groups attached to an aromatic ring is 1. The molecule has 6 nitrogen and oxygen atoms in total. The number of nitrogens with two attached hydrogens (primary N) is 1. The van der Waals surface area contributed by atoms with Crippen molar-refractivity contribution in [3.8, 4) is 11.5 Å². The van der Waals surface area contributed by atoms with Crippen molar-refractivity contribution in [1.29, 1.82) is 0 Å². The summed E-state index contributed by atoms with van der Waals surface area (Å²) in [5.41, 5.74) is 6.51. The van der Waals surface area contributed by atoms with Crippen molar-refractivity contribution in [2.24, 2.45) is 7.05 Å². The van der Waals surface area contributed by atoms with E-state index in [1.54, 1.807) is 17.9 Å². The Morgan fingerprint density at radius 2 is 2.31 bits per heavy atom. The largest absolute Gasteiger partial charge is 0.383 e. The van der Waals surface area contributed by atoms with E-state index in [0.29, 0.717) is 17.3 Å². The quantitative estimate of drug-likeness (QED) is 0.843. The Kier molecular flexibility index (Phi) is 2.89. The molecule has 0 amide bonds. The third kappa shape index (κ3) is 1.91. The molecule has 6 heteroatoms. The van der Waals surface area contributed by atoms with Gasteiger partial charge in [-0.05, 0) is 6.42 Å². The normalized spacial score (nSPS) is 10.9. The van der Waals surface area contributed by atoms with Crippen LogP contribution in [0.5, 0.6) is 0 Å². The zero-order valence-electron chi connectivity index (χ0n) is 9.47. The highest BCUT2D eigenvalue weighted by Gasteiger charge is 2.14. The fraction of sp³-hybridized carbons (Fsp3) is 0.500. The molecular formula is C10H15N5O. The fourth-order valence-electron chi connectivity index (χ4n) is 1.41. The van der Waals surface area contributed by atoms with Gasteiger partial charge in [-0.1, -0.05) is 18.5 Å². The highest BCUT2D eigenvalue weighted by molar-refractivity contribution is 5.66. The van der Waals surface area contributed by atoms with Crippen LogP contribution in [0.25, 0.3) is 11.5 Å². The first-order valence-electron chi connectivity index (χ1n) is 5.32. The van der Waals surface area contributed by atoms with Crippen molar-refractivity contribution in [1.82, 2.24) is 19.9 Å². The molecule has 0 fully saturated rings. The molecule has 0 spiro atoms. The molecule has 0 saturated carbocycles. The first-order chi connectivity index (χ1) is 7.72. The van der Waals surface area contributed by atoms with Gasteiger partial charge in [-0.2, -0.15) is 10.1 Å². The fourth-order valence-corrected chi connectivity index (χ4v) is 1.41. The van der Waals surface area contributed by atoms with Crippen LogP contribution in [-0.4, -0.2) is 19.9 Å². The van der Waals surface area contributed by atoms with Crippen LogP contribution in [0.1, 0.15) is 25.6 Å². The highest BCUT2D eigenvalue weighted by Crippen LogP contribution is 2.23. The summed E-state index contributed by atoms with van der Waals surface area (Å²) in [6.07, 6.45) is 4.63. The van der Waals surface area contributed by atoms with E-state index in [9.17, 15) is 0 Å². The van der Waals surface area contributed by atoms with Gasteiger partial charge in [0.15, 0.2) is 5.82 Å². The number of rotatable bonds is 4. The molecule has 0 saturated heterocycles. The monoisotopic (exact) mass is 221 g/mol. The predicted molar refractivity (Wildman–Crippen MR) is 59.5 cm³/mol. The van der Waals surface area contributed by atoms with Crippen molar-refractivity contribution < 1.29 is 4.52 Å². The van der Waals surface area contributed by atoms with Crippen molar-refractivity contribution in [3.63, 3.8) is 0 Å².